The zero-order chi connectivity index (χ0) is 21.1. The lowest BCUT2D eigenvalue weighted by molar-refractivity contribution is -0.683. The number of hydrogen-bond acceptors (Lipinski definition) is 4. The topological polar surface area (TPSA) is 55.2 Å². The van der Waals surface area contributed by atoms with Gasteiger partial charge in [-0.1, -0.05) is 30.7 Å². The van der Waals surface area contributed by atoms with Gasteiger partial charge in [-0.15, -0.1) is 0 Å². The van der Waals surface area contributed by atoms with E-state index in [2.05, 4.69) is 37.7 Å². The molecular formula is C22H27ClN5OS+. The van der Waals surface area contributed by atoms with Crippen molar-refractivity contribution >= 4 is 51.7 Å². The average Bonchev–Trinajstić information content (AvgIpc) is 3.08. The number of rotatable bonds is 6. The number of hydrogen-bond donors (Lipinski definition) is 2. The Labute approximate surface area is 186 Å². The summed E-state index contributed by atoms with van der Waals surface area (Å²) < 4.78 is 2.07. The quantitative estimate of drug-likeness (QED) is 0.451. The monoisotopic (exact) mass is 444 g/mol. The molecular weight excluding hydrogens is 418 g/mol. The number of fused-ring (bicyclic) bond motifs is 1. The highest BCUT2D eigenvalue weighted by atomic mass is 35.5. The minimum atomic E-state index is -0.0469. The molecule has 1 fully saturated rings. The van der Waals surface area contributed by atoms with Crippen molar-refractivity contribution in [3.05, 3.63) is 47.5 Å². The first-order valence-corrected chi connectivity index (χ1v) is 11.6. The molecule has 1 amide bonds. The lowest BCUT2D eigenvalue weighted by Gasteiger charge is -2.36. The summed E-state index contributed by atoms with van der Waals surface area (Å²) in [5.74, 6) is 0.269. The molecule has 0 spiro atoms. The number of aryl methyl sites for hydroxylation is 1. The molecule has 2 heterocycles. The molecule has 0 aliphatic carbocycles. The van der Waals surface area contributed by atoms with Gasteiger partial charge in [0, 0.05) is 31.2 Å². The maximum Gasteiger partial charge on any atom is 0.317 e. The zero-order valence-corrected chi connectivity index (χ0v) is 18.9. The number of halogens is 1. The number of amides is 1. The fourth-order valence-electron chi connectivity index (χ4n) is 3.82. The van der Waals surface area contributed by atoms with Crippen molar-refractivity contribution in [2.24, 2.45) is 7.05 Å². The van der Waals surface area contributed by atoms with Gasteiger partial charge in [0.05, 0.1) is 24.2 Å². The summed E-state index contributed by atoms with van der Waals surface area (Å²) in [5, 5.41) is 4.65. The van der Waals surface area contributed by atoms with E-state index < -0.39 is 0 Å². The van der Waals surface area contributed by atoms with E-state index in [4.69, 9.17) is 11.6 Å². The Morgan fingerprint density at radius 1 is 1.20 bits per heavy atom. The number of para-hydroxylation sites is 2. The molecule has 1 aliphatic rings. The number of likely N-dealkylation sites (N-methyl/N-ethyl adjacent to an activating group) is 1. The molecule has 1 aliphatic heterocycles. The number of H-pyrrole nitrogens is 1. The van der Waals surface area contributed by atoms with Crippen molar-refractivity contribution in [1.82, 2.24) is 9.88 Å². The Hall–Kier alpha value is -2.22. The number of aromatic amines is 1. The minimum absolute atomic E-state index is 0.0469. The molecule has 0 radical (unpaired) electrons. The van der Waals surface area contributed by atoms with Crippen LogP contribution in [0.2, 0.25) is 5.02 Å². The van der Waals surface area contributed by atoms with Crippen LogP contribution in [0.1, 0.15) is 6.92 Å². The Morgan fingerprint density at radius 2 is 1.97 bits per heavy atom. The van der Waals surface area contributed by atoms with Gasteiger partial charge in [-0.05, 0) is 48.6 Å². The van der Waals surface area contributed by atoms with Crippen LogP contribution >= 0.6 is 23.4 Å². The molecule has 3 aromatic rings. The van der Waals surface area contributed by atoms with Crippen LogP contribution in [-0.4, -0.2) is 54.3 Å². The van der Waals surface area contributed by atoms with E-state index in [1.54, 1.807) is 0 Å². The van der Waals surface area contributed by atoms with Crippen LogP contribution in [-0.2, 0) is 11.8 Å². The Morgan fingerprint density at radius 3 is 2.70 bits per heavy atom. The van der Waals surface area contributed by atoms with Crippen LogP contribution in [0.25, 0.3) is 11.0 Å². The van der Waals surface area contributed by atoms with E-state index in [1.807, 2.05) is 43.4 Å². The lowest BCUT2D eigenvalue weighted by atomic mass is 10.2. The largest absolute Gasteiger partial charge is 0.367 e. The van der Waals surface area contributed by atoms with Gasteiger partial charge in [-0.3, -0.25) is 4.79 Å². The van der Waals surface area contributed by atoms with Crippen molar-refractivity contribution in [2.45, 2.75) is 12.1 Å². The number of benzene rings is 2. The molecule has 1 saturated heterocycles. The van der Waals surface area contributed by atoms with Crippen molar-refractivity contribution in [2.75, 3.05) is 48.7 Å². The number of aromatic nitrogens is 2. The number of piperazine rings is 1. The van der Waals surface area contributed by atoms with Crippen molar-refractivity contribution < 1.29 is 9.36 Å². The van der Waals surface area contributed by atoms with Gasteiger partial charge >= 0.3 is 5.16 Å². The molecule has 0 unspecified atom stereocenters. The summed E-state index contributed by atoms with van der Waals surface area (Å²) in [7, 11) is 2.00. The number of imidazole rings is 1. The normalized spacial score (nSPS) is 15.0. The fraction of sp³-hybridized carbons (Fsp3) is 0.364. The second-order valence-electron chi connectivity index (χ2n) is 7.43. The van der Waals surface area contributed by atoms with Crippen molar-refractivity contribution in [3.63, 3.8) is 0 Å². The predicted octanol–water partition coefficient (Wildman–Crippen LogP) is 3.52. The SMILES string of the molecule is CCN1CCN(c2ccc(Cl)cc2NC(=O)CSc2[nH]c3ccccc3[n+]2C)CC1. The first-order valence-electron chi connectivity index (χ1n) is 10.2. The van der Waals surface area contributed by atoms with Crippen molar-refractivity contribution in [3.8, 4) is 0 Å². The van der Waals surface area contributed by atoms with E-state index >= 15 is 0 Å². The number of carbonyl (C=O) groups is 1. The van der Waals surface area contributed by atoms with E-state index in [-0.39, 0.29) is 5.91 Å². The first kappa shape index (κ1) is 21.0. The number of anilines is 2. The van der Waals surface area contributed by atoms with Crippen LogP contribution in [0.4, 0.5) is 11.4 Å². The zero-order valence-electron chi connectivity index (χ0n) is 17.3. The second-order valence-corrected chi connectivity index (χ2v) is 8.83. The van der Waals surface area contributed by atoms with Gasteiger partial charge in [0.25, 0.3) is 0 Å². The van der Waals surface area contributed by atoms with Crippen LogP contribution < -0.4 is 14.8 Å². The van der Waals surface area contributed by atoms with E-state index in [9.17, 15) is 4.79 Å². The molecule has 2 N–H and O–H groups in total. The molecule has 0 saturated carbocycles. The number of nitrogens with zero attached hydrogens (tertiary/aromatic N) is 3. The molecule has 158 valence electrons. The number of nitrogens with one attached hydrogen (secondary N) is 2. The fourth-order valence-corrected chi connectivity index (χ4v) is 4.81. The van der Waals surface area contributed by atoms with Crippen LogP contribution in [0.15, 0.2) is 47.6 Å². The maximum absolute atomic E-state index is 12.7. The summed E-state index contributed by atoms with van der Waals surface area (Å²) in [6.45, 7) is 7.20. The van der Waals surface area contributed by atoms with Gasteiger partial charge in [0.1, 0.15) is 0 Å². The molecule has 4 rings (SSSR count). The van der Waals surface area contributed by atoms with E-state index in [0.29, 0.717) is 10.8 Å². The van der Waals surface area contributed by atoms with Crippen LogP contribution in [0, 0.1) is 0 Å². The smallest absolute Gasteiger partial charge is 0.317 e. The summed E-state index contributed by atoms with van der Waals surface area (Å²) in [5.41, 5.74) is 3.98. The number of thioether (sulfide) groups is 1. The second kappa shape index (κ2) is 9.29. The van der Waals surface area contributed by atoms with Crippen LogP contribution in [0.3, 0.4) is 0 Å². The highest BCUT2D eigenvalue weighted by Crippen LogP contribution is 2.30. The third kappa shape index (κ3) is 4.58. The van der Waals surface area contributed by atoms with Gasteiger partial charge in [-0.2, -0.15) is 0 Å². The summed E-state index contributed by atoms with van der Waals surface area (Å²) in [6.07, 6.45) is 0. The Bertz CT molecular complexity index is 1050. The average molecular weight is 445 g/mol. The lowest BCUT2D eigenvalue weighted by Crippen LogP contribution is -2.46. The minimum Gasteiger partial charge on any atom is -0.367 e. The van der Waals surface area contributed by atoms with Gasteiger partial charge in [-0.25, -0.2) is 9.55 Å². The molecule has 0 atom stereocenters. The molecule has 0 bridgehead atoms. The summed E-state index contributed by atoms with van der Waals surface area (Å²) in [4.78, 5) is 20.9. The van der Waals surface area contributed by atoms with Gasteiger partial charge in [0.2, 0.25) is 5.91 Å². The highest BCUT2D eigenvalue weighted by molar-refractivity contribution is 7.99. The van der Waals surface area contributed by atoms with Gasteiger partial charge < -0.3 is 15.1 Å². The van der Waals surface area contributed by atoms with Crippen molar-refractivity contribution in [1.29, 1.82) is 0 Å². The number of carbonyl (C=O) groups excluding carboxylic acids is 1. The molecule has 6 nitrogen and oxygen atoms in total. The Kier molecular flexibility index (Phi) is 6.51. The van der Waals surface area contributed by atoms with Gasteiger partial charge in [0.15, 0.2) is 11.0 Å². The summed E-state index contributed by atoms with van der Waals surface area (Å²) >= 11 is 7.72. The maximum atomic E-state index is 12.7. The third-order valence-electron chi connectivity index (χ3n) is 5.54. The highest BCUT2D eigenvalue weighted by Gasteiger charge is 2.21. The molecule has 30 heavy (non-hydrogen) atoms. The molecule has 1 aromatic heterocycles. The molecule has 2 aromatic carbocycles. The predicted molar refractivity (Wildman–Crippen MR) is 125 cm³/mol. The van der Waals surface area contributed by atoms with Crippen LogP contribution in [0.5, 0.6) is 0 Å². The standard InChI is InChI=1S/C22H26ClN5OS/c1-3-27-10-12-28(13-11-27)20-9-8-16(23)14-18(20)24-21(29)15-30-22-25-17-6-4-5-7-19(17)26(22)2/h4-9,14H,3,10-13,15H2,1-2H3,(H,24,29)/p+1. The summed E-state index contributed by atoms with van der Waals surface area (Å²) in [6, 6.07) is 13.8. The van der Waals surface area contributed by atoms with E-state index in [1.165, 1.54) is 11.8 Å². The first-order chi connectivity index (χ1) is 14.5. The van der Waals surface area contributed by atoms with E-state index in [0.717, 1.165) is 60.3 Å². The molecule has 8 heteroatoms. The third-order valence-corrected chi connectivity index (χ3v) is 6.84. The Balaban J connectivity index is 1.44.